The zero-order valence-corrected chi connectivity index (χ0v) is 11.9. The number of nitrogen functional groups attached to an aromatic ring is 1. The molecule has 2 rings (SSSR count). The van der Waals surface area contributed by atoms with E-state index in [-0.39, 0.29) is 0 Å². The summed E-state index contributed by atoms with van der Waals surface area (Å²) in [5, 5.41) is 3.34. The number of nitrogens with two attached hydrogens (primary N) is 1. The highest BCUT2D eigenvalue weighted by Gasteiger charge is 2.06. The molecule has 0 heterocycles. The minimum Gasteiger partial charge on any atom is -0.495 e. The second-order valence-electron chi connectivity index (χ2n) is 3.99. The second kappa shape index (κ2) is 5.31. The zero-order chi connectivity index (χ0) is 13.1. The lowest BCUT2D eigenvalue weighted by Crippen LogP contribution is -1.98. The number of halogens is 1. The van der Waals surface area contributed by atoms with Gasteiger partial charge in [0.2, 0.25) is 0 Å². The summed E-state index contributed by atoms with van der Waals surface area (Å²) in [7, 11) is 1.65. The first-order valence-electron chi connectivity index (χ1n) is 5.57. The molecule has 94 valence electrons. The second-order valence-corrected chi connectivity index (χ2v) is 4.91. The first-order chi connectivity index (χ1) is 8.61. The first-order valence-corrected chi connectivity index (χ1v) is 6.37. The third-order valence-electron chi connectivity index (χ3n) is 2.81. The van der Waals surface area contributed by atoms with E-state index in [1.165, 1.54) is 0 Å². The number of nitrogens with one attached hydrogen (secondary N) is 1. The molecule has 0 aliphatic carbocycles. The zero-order valence-electron chi connectivity index (χ0n) is 10.3. The summed E-state index contributed by atoms with van der Waals surface area (Å²) in [6.45, 7) is 1.99. The van der Waals surface area contributed by atoms with Gasteiger partial charge in [0.15, 0.2) is 0 Å². The van der Waals surface area contributed by atoms with Crippen LogP contribution in [0.15, 0.2) is 40.9 Å². The molecular formula is C14H15BrN2O. The summed E-state index contributed by atoms with van der Waals surface area (Å²) >= 11 is 3.45. The Hall–Kier alpha value is -1.68. The molecule has 0 radical (unpaired) electrons. The molecule has 0 bridgehead atoms. The molecule has 0 amide bonds. The van der Waals surface area contributed by atoms with Crippen molar-refractivity contribution in [1.29, 1.82) is 0 Å². The van der Waals surface area contributed by atoms with Crippen molar-refractivity contribution in [2.75, 3.05) is 18.2 Å². The van der Waals surface area contributed by atoms with E-state index >= 15 is 0 Å². The SMILES string of the molecule is COc1ccc(Br)cc1Nc1cccc(N)c1C. The van der Waals surface area contributed by atoms with Crippen LogP contribution in [0, 0.1) is 6.92 Å². The molecule has 3 nitrogen and oxygen atoms in total. The van der Waals surface area contributed by atoms with Crippen LogP contribution in [0.5, 0.6) is 5.75 Å². The molecular weight excluding hydrogens is 292 g/mol. The number of methoxy groups -OCH3 is 1. The van der Waals surface area contributed by atoms with Crippen molar-refractivity contribution in [3.05, 3.63) is 46.4 Å². The summed E-state index contributed by atoms with van der Waals surface area (Å²) in [6, 6.07) is 11.6. The lowest BCUT2D eigenvalue weighted by Gasteiger charge is -2.14. The van der Waals surface area contributed by atoms with Crippen LogP contribution in [0.2, 0.25) is 0 Å². The summed E-state index contributed by atoms with van der Waals surface area (Å²) in [5.74, 6) is 0.792. The molecule has 0 fully saturated rings. The average Bonchev–Trinajstić information content (AvgIpc) is 2.35. The van der Waals surface area contributed by atoms with E-state index in [2.05, 4.69) is 21.2 Å². The molecule has 2 aromatic carbocycles. The van der Waals surface area contributed by atoms with Crippen molar-refractivity contribution in [3.63, 3.8) is 0 Å². The van der Waals surface area contributed by atoms with Crippen LogP contribution >= 0.6 is 15.9 Å². The maximum atomic E-state index is 5.89. The normalized spacial score (nSPS) is 10.2. The fourth-order valence-electron chi connectivity index (χ4n) is 1.71. The fourth-order valence-corrected chi connectivity index (χ4v) is 2.07. The molecule has 0 saturated heterocycles. The molecule has 0 aliphatic heterocycles. The van der Waals surface area contributed by atoms with E-state index in [1.807, 2.05) is 43.3 Å². The van der Waals surface area contributed by atoms with E-state index in [1.54, 1.807) is 7.11 Å². The smallest absolute Gasteiger partial charge is 0.142 e. The van der Waals surface area contributed by atoms with Crippen LogP contribution in [0.25, 0.3) is 0 Å². The van der Waals surface area contributed by atoms with Gasteiger partial charge < -0.3 is 15.8 Å². The largest absolute Gasteiger partial charge is 0.495 e. The quantitative estimate of drug-likeness (QED) is 0.840. The first kappa shape index (κ1) is 12.8. The van der Waals surface area contributed by atoms with Gasteiger partial charge in [0, 0.05) is 15.8 Å². The minimum atomic E-state index is 0.772. The van der Waals surface area contributed by atoms with Gasteiger partial charge in [-0.05, 0) is 42.8 Å². The summed E-state index contributed by atoms with van der Waals surface area (Å²) in [5.41, 5.74) is 9.58. The lowest BCUT2D eigenvalue weighted by molar-refractivity contribution is 0.417. The van der Waals surface area contributed by atoms with Crippen LogP contribution in [0.3, 0.4) is 0 Å². The van der Waals surface area contributed by atoms with Gasteiger partial charge in [-0.15, -0.1) is 0 Å². The van der Waals surface area contributed by atoms with Crippen LogP contribution in [-0.2, 0) is 0 Å². The number of benzene rings is 2. The van der Waals surface area contributed by atoms with E-state index in [0.717, 1.165) is 32.8 Å². The van der Waals surface area contributed by atoms with Crippen molar-refractivity contribution in [2.45, 2.75) is 6.92 Å². The highest BCUT2D eigenvalue weighted by molar-refractivity contribution is 9.10. The number of rotatable bonds is 3. The van der Waals surface area contributed by atoms with Gasteiger partial charge in [-0.1, -0.05) is 22.0 Å². The van der Waals surface area contributed by atoms with E-state index in [4.69, 9.17) is 10.5 Å². The average molecular weight is 307 g/mol. The standard InChI is InChI=1S/C14H15BrN2O/c1-9-11(16)4-3-5-12(9)17-13-8-10(15)6-7-14(13)18-2/h3-8,17H,16H2,1-2H3. The molecule has 3 N–H and O–H groups in total. The third kappa shape index (κ3) is 2.59. The van der Waals surface area contributed by atoms with Crippen LogP contribution in [0.4, 0.5) is 17.1 Å². The highest BCUT2D eigenvalue weighted by Crippen LogP contribution is 2.32. The summed E-state index contributed by atoms with van der Waals surface area (Å²) in [6.07, 6.45) is 0. The number of anilines is 3. The van der Waals surface area contributed by atoms with Gasteiger partial charge in [0.25, 0.3) is 0 Å². The lowest BCUT2D eigenvalue weighted by atomic mass is 10.1. The van der Waals surface area contributed by atoms with Gasteiger partial charge in [0.1, 0.15) is 5.75 Å². The molecule has 0 aliphatic rings. The van der Waals surface area contributed by atoms with Gasteiger partial charge in [-0.2, -0.15) is 0 Å². The van der Waals surface area contributed by atoms with E-state index < -0.39 is 0 Å². The number of hydrogen-bond donors (Lipinski definition) is 2. The molecule has 0 spiro atoms. The number of ether oxygens (including phenoxy) is 1. The molecule has 4 heteroatoms. The molecule has 0 atom stereocenters. The Morgan fingerprint density at radius 2 is 1.94 bits per heavy atom. The maximum Gasteiger partial charge on any atom is 0.142 e. The maximum absolute atomic E-state index is 5.89. The molecule has 0 unspecified atom stereocenters. The van der Waals surface area contributed by atoms with E-state index in [0.29, 0.717) is 0 Å². The molecule has 0 saturated carbocycles. The summed E-state index contributed by atoms with van der Waals surface area (Å²) in [4.78, 5) is 0. The van der Waals surface area contributed by atoms with Crippen molar-refractivity contribution < 1.29 is 4.74 Å². The van der Waals surface area contributed by atoms with E-state index in [9.17, 15) is 0 Å². The monoisotopic (exact) mass is 306 g/mol. The molecule has 0 aromatic heterocycles. The fraction of sp³-hybridized carbons (Fsp3) is 0.143. The summed E-state index contributed by atoms with van der Waals surface area (Å²) < 4.78 is 6.32. The Bertz CT molecular complexity index is 570. The van der Waals surface area contributed by atoms with Crippen LogP contribution in [0.1, 0.15) is 5.56 Å². The van der Waals surface area contributed by atoms with Crippen molar-refractivity contribution in [2.24, 2.45) is 0 Å². The van der Waals surface area contributed by atoms with Crippen LogP contribution < -0.4 is 15.8 Å². The van der Waals surface area contributed by atoms with Gasteiger partial charge in [0.05, 0.1) is 12.8 Å². The topological polar surface area (TPSA) is 47.3 Å². The van der Waals surface area contributed by atoms with Crippen molar-refractivity contribution >= 4 is 33.0 Å². The predicted molar refractivity (Wildman–Crippen MR) is 79.6 cm³/mol. The highest BCUT2D eigenvalue weighted by atomic mass is 79.9. The van der Waals surface area contributed by atoms with Crippen molar-refractivity contribution in [1.82, 2.24) is 0 Å². The number of hydrogen-bond acceptors (Lipinski definition) is 3. The van der Waals surface area contributed by atoms with Crippen molar-refractivity contribution in [3.8, 4) is 5.75 Å². The Morgan fingerprint density at radius 1 is 1.17 bits per heavy atom. The molecule has 2 aromatic rings. The Labute approximate surface area is 115 Å². The van der Waals surface area contributed by atoms with Crippen LogP contribution in [-0.4, -0.2) is 7.11 Å². The Kier molecular flexibility index (Phi) is 3.77. The van der Waals surface area contributed by atoms with Gasteiger partial charge in [-0.25, -0.2) is 0 Å². The predicted octanol–water partition coefficient (Wildman–Crippen LogP) is 4.09. The Morgan fingerprint density at radius 3 is 2.67 bits per heavy atom. The Balaban J connectivity index is 2.39. The van der Waals surface area contributed by atoms with Gasteiger partial charge in [-0.3, -0.25) is 0 Å². The third-order valence-corrected chi connectivity index (χ3v) is 3.30. The van der Waals surface area contributed by atoms with Gasteiger partial charge >= 0.3 is 0 Å². The molecule has 18 heavy (non-hydrogen) atoms. The minimum absolute atomic E-state index is 0.772.